The van der Waals surface area contributed by atoms with E-state index >= 15 is 0 Å². The van der Waals surface area contributed by atoms with Crippen LogP contribution in [0.25, 0.3) is 0 Å². The Hall–Kier alpha value is -1.36. The molecule has 94 valence electrons. The first-order valence-corrected chi connectivity index (χ1v) is 6.71. The number of ether oxygens (including phenoxy) is 1. The Labute approximate surface area is 106 Å². The number of rotatable bonds is 5. The number of nitrogen functional groups attached to an aromatic ring is 1. The second kappa shape index (κ2) is 6.39. The molecular weight excluding hydrogens is 236 g/mol. The van der Waals surface area contributed by atoms with Crippen molar-refractivity contribution in [3.63, 3.8) is 0 Å². The van der Waals surface area contributed by atoms with Crippen LogP contribution in [-0.4, -0.2) is 31.1 Å². The normalized spacial score (nSPS) is 11.9. The number of methoxy groups -OCH3 is 1. The zero-order valence-electron chi connectivity index (χ0n) is 10.3. The maximum Gasteiger partial charge on any atom is 0.253 e. The van der Waals surface area contributed by atoms with E-state index in [-0.39, 0.29) is 11.9 Å². The molecule has 0 saturated carbocycles. The van der Waals surface area contributed by atoms with Gasteiger partial charge in [0.05, 0.1) is 12.7 Å². The molecule has 0 aliphatic rings. The molecule has 3 N–H and O–H groups in total. The van der Waals surface area contributed by atoms with Crippen molar-refractivity contribution in [3.8, 4) is 5.75 Å². The maximum absolute atomic E-state index is 11.9. The Bertz CT molecular complexity index is 396. The Morgan fingerprint density at radius 1 is 1.59 bits per heavy atom. The van der Waals surface area contributed by atoms with Gasteiger partial charge in [-0.3, -0.25) is 4.79 Å². The summed E-state index contributed by atoms with van der Waals surface area (Å²) in [5.41, 5.74) is 6.72. The third kappa shape index (κ3) is 3.85. The summed E-state index contributed by atoms with van der Waals surface area (Å²) in [5.74, 6) is 1.38. The molecule has 1 aromatic rings. The van der Waals surface area contributed by atoms with Gasteiger partial charge in [0.1, 0.15) is 5.75 Å². The van der Waals surface area contributed by atoms with Gasteiger partial charge in [-0.25, -0.2) is 0 Å². The minimum absolute atomic E-state index is 0.124. The molecule has 0 spiro atoms. The van der Waals surface area contributed by atoms with E-state index in [0.29, 0.717) is 17.0 Å². The molecule has 1 rings (SSSR count). The third-order valence-corrected chi connectivity index (χ3v) is 3.13. The second-order valence-corrected chi connectivity index (χ2v) is 4.69. The highest BCUT2D eigenvalue weighted by molar-refractivity contribution is 7.98. The molecule has 5 heteroatoms. The van der Waals surface area contributed by atoms with Crippen molar-refractivity contribution in [1.29, 1.82) is 0 Å². The van der Waals surface area contributed by atoms with Crippen molar-refractivity contribution < 1.29 is 9.53 Å². The second-order valence-electron chi connectivity index (χ2n) is 3.78. The van der Waals surface area contributed by atoms with Crippen molar-refractivity contribution in [1.82, 2.24) is 5.32 Å². The smallest absolute Gasteiger partial charge is 0.253 e. The highest BCUT2D eigenvalue weighted by Gasteiger charge is 2.12. The van der Waals surface area contributed by atoms with Crippen LogP contribution in [0.1, 0.15) is 17.3 Å². The van der Waals surface area contributed by atoms with Crippen molar-refractivity contribution in [2.45, 2.75) is 13.0 Å². The molecule has 0 heterocycles. The monoisotopic (exact) mass is 254 g/mol. The van der Waals surface area contributed by atoms with Gasteiger partial charge in [0.15, 0.2) is 0 Å². The number of amides is 1. The predicted molar refractivity (Wildman–Crippen MR) is 72.7 cm³/mol. The van der Waals surface area contributed by atoms with Crippen LogP contribution in [-0.2, 0) is 0 Å². The SMILES string of the molecule is COc1ccc(C(=O)NC(C)CSC)c(N)c1. The quantitative estimate of drug-likeness (QED) is 0.786. The number of benzene rings is 1. The molecule has 4 nitrogen and oxygen atoms in total. The summed E-state index contributed by atoms with van der Waals surface area (Å²) in [5, 5.41) is 2.89. The van der Waals surface area contributed by atoms with Gasteiger partial charge in [0.2, 0.25) is 0 Å². The summed E-state index contributed by atoms with van der Waals surface area (Å²) in [4.78, 5) is 11.9. The number of nitrogens with two attached hydrogens (primary N) is 1. The van der Waals surface area contributed by atoms with Gasteiger partial charge >= 0.3 is 0 Å². The fourth-order valence-corrected chi connectivity index (χ4v) is 2.05. The van der Waals surface area contributed by atoms with Gasteiger partial charge in [0, 0.05) is 23.5 Å². The zero-order chi connectivity index (χ0) is 12.8. The Morgan fingerprint density at radius 3 is 2.82 bits per heavy atom. The number of hydrogen-bond donors (Lipinski definition) is 2. The van der Waals surface area contributed by atoms with E-state index < -0.39 is 0 Å². The molecule has 1 unspecified atom stereocenters. The lowest BCUT2D eigenvalue weighted by atomic mass is 10.1. The minimum atomic E-state index is -0.147. The lowest BCUT2D eigenvalue weighted by molar-refractivity contribution is 0.0944. The minimum Gasteiger partial charge on any atom is -0.497 e. The standard InChI is InChI=1S/C12H18N2O2S/c1-8(7-17-3)14-12(15)10-5-4-9(16-2)6-11(10)13/h4-6,8H,7,13H2,1-3H3,(H,14,15). The molecule has 0 aromatic heterocycles. The first-order valence-electron chi connectivity index (χ1n) is 5.31. The summed E-state index contributed by atoms with van der Waals surface area (Å²) in [6, 6.07) is 5.17. The first kappa shape index (κ1) is 13.7. The van der Waals surface area contributed by atoms with Crippen molar-refractivity contribution in [3.05, 3.63) is 23.8 Å². The van der Waals surface area contributed by atoms with E-state index in [2.05, 4.69) is 5.32 Å². The average molecular weight is 254 g/mol. The van der Waals surface area contributed by atoms with Crippen LogP contribution in [0.5, 0.6) is 5.75 Å². The van der Waals surface area contributed by atoms with Crippen LogP contribution in [0.3, 0.4) is 0 Å². The number of anilines is 1. The number of nitrogens with one attached hydrogen (secondary N) is 1. The van der Waals surface area contributed by atoms with Gasteiger partial charge in [-0.15, -0.1) is 0 Å². The molecule has 0 aliphatic carbocycles. The fourth-order valence-electron chi connectivity index (χ4n) is 1.47. The van der Waals surface area contributed by atoms with Crippen LogP contribution >= 0.6 is 11.8 Å². The van der Waals surface area contributed by atoms with Gasteiger partial charge < -0.3 is 15.8 Å². The van der Waals surface area contributed by atoms with Crippen molar-refractivity contribution >= 4 is 23.4 Å². The first-order chi connectivity index (χ1) is 8.08. The summed E-state index contributed by atoms with van der Waals surface area (Å²) in [7, 11) is 1.56. The number of carbonyl (C=O) groups is 1. The van der Waals surface area contributed by atoms with E-state index in [1.165, 1.54) is 0 Å². The largest absolute Gasteiger partial charge is 0.497 e. The molecule has 0 aliphatic heterocycles. The van der Waals surface area contributed by atoms with E-state index in [9.17, 15) is 4.79 Å². The molecule has 1 aromatic carbocycles. The van der Waals surface area contributed by atoms with Crippen molar-refractivity contribution in [2.75, 3.05) is 24.9 Å². The van der Waals surface area contributed by atoms with E-state index in [4.69, 9.17) is 10.5 Å². The van der Waals surface area contributed by atoms with E-state index in [1.807, 2.05) is 13.2 Å². The number of thioether (sulfide) groups is 1. The third-order valence-electron chi connectivity index (χ3n) is 2.30. The summed E-state index contributed by atoms with van der Waals surface area (Å²) in [6.45, 7) is 1.97. The van der Waals surface area contributed by atoms with Crippen LogP contribution in [0, 0.1) is 0 Å². The van der Waals surface area contributed by atoms with E-state index in [0.717, 1.165) is 5.75 Å². The maximum atomic E-state index is 11.9. The van der Waals surface area contributed by atoms with Gasteiger partial charge in [0.25, 0.3) is 5.91 Å². The summed E-state index contributed by atoms with van der Waals surface area (Å²) in [6.07, 6.45) is 2.00. The molecule has 0 radical (unpaired) electrons. The lowest BCUT2D eigenvalue weighted by Gasteiger charge is -2.13. The molecule has 0 saturated heterocycles. The van der Waals surface area contributed by atoms with Gasteiger partial charge in [-0.2, -0.15) is 11.8 Å². The Balaban J connectivity index is 2.75. The van der Waals surface area contributed by atoms with Gasteiger partial charge in [-0.1, -0.05) is 0 Å². The van der Waals surface area contributed by atoms with E-state index in [1.54, 1.807) is 37.1 Å². The Morgan fingerprint density at radius 2 is 2.29 bits per heavy atom. The van der Waals surface area contributed by atoms with Crippen LogP contribution in [0.15, 0.2) is 18.2 Å². The molecule has 1 amide bonds. The summed E-state index contributed by atoms with van der Waals surface area (Å²) >= 11 is 1.69. The predicted octanol–water partition coefficient (Wildman–Crippen LogP) is 1.76. The van der Waals surface area contributed by atoms with Crippen LogP contribution < -0.4 is 15.8 Å². The average Bonchev–Trinajstić information content (AvgIpc) is 2.28. The summed E-state index contributed by atoms with van der Waals surface area (Å²) < 4.78 is 5.03. The van der Waals surface area contributed by atoms with Gasteiger partial charge in [-0.05, 0) is 25.3 Å². The molecule has 17 heavy (non-hydrogen) atoms. The Kier molecular flexibility index (Phi) is 5.15. The van der Waals surface area contributed by atoms with Crippen LogP contribution in [0.2, 0.25) is 0 Å². The molecular formula is C12H18N2O2S. The molecule has 0 fully saturated rings. The van der Waals surface area contributed by atoms with Crippen LogP contribution in [0.4, 0.5) is 5.69 Å². The zero-order valence-corrected chi connectivity index (χ0v) is 11.1. The lowest BCUT2D eigenvalue weighted by Crippen LogP contribution is -2.34. The number of carbonyl (C=O) groups excluding carboxylic acids is 1. The molecule has 0 bridgehead atoms. The molecule has 1 atom stereocenters. The fraction of sp³-hybridized carbons (Fsp3) is 0.417. The number of hydrogen-bond acceptors (Lipinski definition) is 4. The van der Waals surface area contributed by atoms with Crippen molar-refractivity contribution in [2.24, 2.45) is 0 Å². The topological polar surface area (TPSA) is 64.3 Å². The highest BCUT2D eigenvalue weighted by Crippen LogP contribution is 2.19. The highest BCUT2D eigenvalue weighted by atomic mass is 32.2.